The lowest BCUT2D eigenvalue weighted by Gasteiger charge is -2.11. The molecule has 1 aromatic rings. The van der Waals surface area contributed by atoms with E-state index in [4.69, 9.17) is 0 Å². The zero-order chi connectivity index (χ0) is 11.7. The molecule has 0 aliphatic heterocycles. The van der Waals surface area contributed by atoms with Crippen molar-refractivity contribution in [2.75, 3.05) is 14.1 Å². The van der Waals surface area contributed by atoms with Crippen LogP contribution in [-0.2, 0) is 6.42 Å². The van der Waals surface area contributed by atoms with Gasteiger partial charge in [-0.15, -0.1) is 0 Å². The summed E-state index contributed by atoms with van der Waals surface area (Å²) >= 11 is 0. The van der Waals surface area contributed by atoms with E-state index in [-0.39, 0.29) is 11.7 Å². The highest BCUT2D eigenvalue weighted by molar-refractivity contribution is 5.94. The molecule has 0 atom stereocenters. The van der Waals surface area contributed by atoms with Gasteiger partial charge in [-0.05, 0) is 48.9 Å². The lowest BCUT2D eigenvalue weighted by Crippen LogP contribution is -2.21. The van der Waals surface area contributed by atoms with Crippen LogP contribution in [0.4, 0.5) is 0 Å². The third kappa shape index (κ3) is 2.54. The molecule has 1 aliphatic carbocycles. The van der Waals surface area contributed by atoms with Crippen molar-refractivity contribution in [2.45, 2.75) is 19.3 Å². The number of phenols is 1. The van der Waals surface area contributed by atoms with E-state index in [2.05, 4.69) is 0 Å². The highest BCUT2D eigenvalue weighted by atomic mass is 16.3. The molecule has 3 heteroatoms. The number of aromatic hydroxyl groups is 1. The number of phenolic OH excluding ortho intramolecular Hbond substituents is 1. The van der Waals surface area contributed by atoms with Crippen molar-refractivity contribution in [3.05, 3.63) is 29.3 Å². The highest BCUT2D eigenvalue weighted by Gasteiger charge is 2.22. The van der Waals surface area contributed by atoms with Gasteiger partial charge in [-0.2, -0.15) is 0 Å². The van der Waals surface area contributed by atoms with Crippen molar-refractivity contribution in [2.24, 2.45) is 5.92 Å². The zero-order valence-electron chi connectivity index (χ0n) is 9.73. The Morgan fingerprint density at radius 1 is 1.38 bits per heavy atom. The Labute approximate surface area is 95.7 Å². The number of hydrogen-bond acceptors (Lipinski definition) is 2. The number of carbonyl (C=O) groups excluding carboxylic acids is 1. The Kier molecular flexibility index (Phi) is 2.86. The first kappa shape index (κ1) is 11.0. The Balaban J connectivity index is 2.23. The number of nitrogens with zero attached hydrogens (tertiary/aromatic N) is 1. The summed E-state index contributed by atoms with van der Waals surface area (Å²) in [6.07, 6.45) is 3.52. The van der Waals surface area contributed by atoms with E-state index in [0.29, 0.717) is 5.56 Å². The lowest BCUT2D eigenvalue weighted by atomic mass is 10.0. The van der Waals surface area contributed by atoms with Gasteiger partial charge >= 0.3 is 0 Å². The molecule has 16 heavy (non-hydrogen) atoms. The molecule has 1 N–H and O–H groups in total. The Hall–Kier alpha value is -1.51. The van der Waals surface area contributed by atoms with Gasteiger partial charge < -0.3 is 10.0 Å². The van der Waals surface area contributed by atoms with Crippen LogP contribution in [0, 0.1) is 5.92 Å². The smallest absolute Gasteiger partial charge is 0.253 e. The topological polar surface area (TPSA) is 40.5 Å². The summed E-state index contributed by atoms with van der Waals surface area (Å²) in [5.41, 5.74) is 1.63. The molecule has 2 rings (SSSR count). The van der Waals surface area contributed by atoms with Crippen LogP contribution in [0.25, 0.3) is 0 Å². The van der Waals surface area contributed by atoms with Crippen molar-refractivity contribution >= 4 is 5.91 Å². The summed E-state index contributed by atoms with van der Waals surface area (Å²) < 4.78 is 0. The molecule has 0 spiro atoms. The van der Waals surface area contributed by atoms with Crippen molar-refractivity contribution in [1.82, 2.24) is 4.90 Å². The predicted molar refractivity (Wildman–Crippen MR) is 62.6 cm³/mol. The van der Waals surface area contributed by atoms with Crippen LogP contribution in [0.5, 0.6) is 5.75 Å². The molecule has 86 valence electrons. The molecule has 1 aromatic carbocycles. The molecule has 0 aromatic heterocycles. The van der Waals surface area contributed by atoms with Gasteiger partial charge in [-0.1, -0.05) is 0 Å². The maximum atomic E-state index is 11.8. The van der Waals surface area contributed by atoms with E-state index < -0.39 is 0 Å². The van der Waals surface area contributed by atoms with E-state index in [1.165, 1.54) is 23.8 Å². The summed E-state index contributed by atoms with van der Waals surface area (Å²) in [5.74, 6) is 0.875. The standard InChI is InChI=1S/C13H17NO2/c1-14(2)13(16)11-6-10(5-9-3-4-9)7-12(15)8-11/h6-9,15H,3-5H2,1-2H3. The van der Waals surface area contributed by atoms with Gasteiger partial charge in [0.15, 0.2) is 0 Å². The van der Waals surface area contributed by atoms with E-state index >= 15 is 0 Å². The van der Waals surface area contributed by atoms with Gasteiger partial charge in [-0.3, -0.25) is 4.79 Å². The Morgan fingerprint density at radius 3 is 2.62 bits per heavy atom. The van der Waals surface area contributed by atoms with Gasteiger partial charge in [0.1, 0.15) is 5.75 Å². The highest BCUT2D eigenvalue weighted by Crippen LogP contribution is 2.33. The summed E-state index contributed by atoms with van der Waals surface area (Å²) in [6, 6.07) is 5.17. The van der Waals surface area contributed by atoms with Gasteiger partial charge in [0.2, 0.25) is 0 Å². The van der Waals surface area contributed by atoms with Crippen LogP contribution in [0.3, 0.4) is 0 Å². The van der Waals surface area contributed by atoms with Crippen LogP contribution in [0.15, 0.2) is 18.2 Å². The average Bonchev–Trinajstić information content (AvgIpc) is 2.99. The number of carbonyl (C=O) groups is 1. The summed E-state index contributed by atoms with van der Waals surface area (Å²) in [4.78, 5) is 13.3. The molecule has 1 fully saturated rings. The maximum absolute atomic E-state index is 11.8. The predicted octanol–water partition coefficient (Wildman–Crippen LogP) is 2.05. The second-order valence-electron chi connectivity index (χ2n) is 4.74. The van der Waals surface area contributed by atoms with E-state index in [1.54, 1.807) is 20.2 Å². The number of benzene rings is 1. The van der Waals surface area contributed by atoms with Gasteiger partial charge in [0, 0.05) is 19.7 Å². The van der Waals surface area contributed by atoms with Gasteiger partial charge in [0.05, 0.1) is 0 Å². The largest absolute Gasteiger partial charge is 0.508 e. The second kappa shape index (κ2) is 4.16. The van der Waals surface area contributed by atoms with Crippen molar-refractivity contribution < 1.29 is 9.90 Å². The van der Waals surface area contributed by atoms with Crippen LogP contribution >= 0.6 is 0 Å². The molecular formula is C13H17NO2. The average molecular weight is 219 g/mol. The fourth-order valence-electron chi connectivity index (χ4n) is 1.83. The molecule has 0 unspecified atom stereocenters. The first-order chi connectivity index (χ1) is 7.56. The summed E-state index contributed by atoms with van der Waals surface area (Å²) in [5, 5.41) is 9.59. The summed E-state index contributed by atoms with van der Waals surface area (Å²) in [6.45, 7) is 0. The number of hydrogen-bond donors (Lipinski definition) is 1. The third-order valence-electron chi connectivity index (χ3n) is 2.85. The van der Waals surface area contributed by atoms with Crippen LogP contribution in [-0.4, -0.2) is 30.0 Å². The second-order valence-corrected chi connectivity index (χ2v) is 4.74. The number of amides is 1. The molecule has 1 aliphatic rings. The first-order valence-corrected chi connectivity index (χ1v) is 5.61. The molecule has 1 saturated carbocycles. The fraction of sp³-hybridized carbons (Fsp3) is 0.462. The van der Waals surface area contributed by atoms with E-state index in [0.717, 1.165) is 17.9 Å². The van der Waals surface area contributed by atoms with Crippen molar-refractivity contribution in [3.8, 4) is 5.75 Å². The minimum Gasteiger partial charge on any atom is -0.508 e. The third-order valence-corrected chi connectivity index (χ3v) is 2.85. The first-order valence-electron chi connectivity index (χ1n) is 5.61. The molecule has 0 radical (unpaired) electrons. The maximum Gasteiger partial charge on any atom is 0.253 e. The minimum absolute atomic E-state index is 0.0621. The monoisotopic (exact) mass is 219 g/mol. The lowest BCUT2D eigenvalue weighted by molar-refractivity contribution is 0.0827. The van der Waals surface area contributed by atoms with Crippen molar-refractivity contribution in [3.63, 3.8) is 0 Å². The van der Waals surface area contributed by atoms with Crippen LogP contribution in [0.1, 0.15) is 28.8 Å². The molecule has 0 heterocycles. The van der Waals surface area contributed by atoms with Gasteiger partial charge in [-0.25, -0.2) is 0 Å². The molecule has 0 bridgehead atoms. The van der Waals surface area contributed by atoms with Crippen molar-refractivity contribution in [1.29, 1.82) is 0 Å². The van der Waals surface area contributed by atoms with E-state index in [1.807, 2.05) is 6.07 Å². The summed E-state index contributed by atoms with van der Waals surface area (Å²) in [7, 11) is 3.43. The fourth-order valence-corrected chi connectivity index (χ4v) is 1.83. The Bertz CT molecular complexity index is 408. The minimum atomic E-state index is -0.0621. The quantitative estimate of drug-likeness (QED) is 0.845. The molecule has 0 saturated heterocycles. The van der Waals surface area contributed by atoms with Crippen LogP contribution < -0.4 is 0 Å². The van der Waals surface area contributed by atoms with Gasteiger partial charge in [0.25, 0.3) is 5.91 Å². The molecular weight excluding hydrogens is 202 g/mol. The van der Waals surface area contributed by atoms with E-state index in [9.17, 15) is 9.90 Å². The molecule has 3 nitrogen and oxygen atoms in total. The number of rotatable bonds is 3. The zero-order valence-corrected chi connectivity index (χ0v) is 9.73. The molecule has 1 amide bonds. The SMILES string of the molecule is CN(C)C(=O)c1cc(O)cc(CC2CC2)c1. The normalized spacial score (nSPS) is 14.9. The van der Waals surface area contributed by atoms with Crippen LogP contribution in [0.2, 0.25) is 0 Å². The Morgan fingerprint density at radius 2 is 2.06 bits per heavy atom.